The second-order valence-electron chi connectivity index (χ2n) is 3.42. The van der Waals surface area contributed by atoms with Gasteiger partial charge in [0.2, 0.25) is 0 Å². The van der Waals surface area contributed by atoms with Crippen molar-refractivity contribution >= 4 is 0 Å². The first-order valence-electron chi connectivity index (χ1n) is 3.93. The first-order chi connectivity index (χ1) is 4.52. The fourth-order valence-corrected chi connectivity index (χ4v) is 0.963. The van der Waals surface area contributed by atoms with Crippen molar-refractivity contribution in [1.29, 1.82) is 0 Å². The third kappa shape index (κ3) is 3.67. The van der Waals surface area contributed by atoms with Crippen molar-refractivity contribution in [2.24, 2.45) is 11.7 Å². The van der Waals surface area contributed by atoms with E-state index in [2.05, 4.69) is 27.4 Å². The van der Waals surface area contributed by atoms with E-state index in [4.69, 9.17) is 5.73 Å². The minimum Gasteiger partial charge on any atom is -0.325 e. The van der Waals surface area contributed by atoms with E-state index >= 15 is 0 Å². The highest BCUT2D eigenvalue weighted by atomic mass is 14.7. The third-order valence-corrected chi connectivity index (χ3v) is 2.00. The largest absolute Gasteiger partial charge is 0.325 e. The summed E-state index contributed by atoms with van der Waals surface area (Å²) in [6, 6.07) is 0. The van der Waals surface area contributed by atoms with E-state index in [1.807, 2.05) is 6.08 Å². The van der Waals surface area contributed by atoms with Gasteiger partial charge in [-0.05, 0) is 25.7 Å². The molecular weight excluding hydrogens is 122 g/mol. The van der Waals surface area contributed by atoms with E-state index in [1.54, 1.807) is 0 Å². The van der Waals surface area contributed by atoms with Gasteiger partial charge in [-0.1, -0.05) is 19.9 Å². The molecule has 1 heteroatoms. The van der Waals surface area contributed by atoms with Crippen LogP contribution in [-0.2, 0) is 0 Å². The van der Waals surface area contributed by atoms with Gasteiger partial charge in [-0.3, -0.25) is 0 Å². The van der Waals surface area contributed by atoms with E-state index in [0.717, 1.165) is 12.8 Å². The van der Waals surface area contributed by atoms with Crippen molar-refractivity contribution in [2.45, 2.75) is 39.2 Å². The van der Waals surface area contributed by atoms with Gasteiger partial charge in [0.15, 0.2) is 0 Å². The highest BCUT2D eigenvalue weighted by molar-refractivity contribution is 4.85. The second kappa shape index (κ2) is 3.77. The molecule has 0 amide bonds. The van der Waals surface area contributed by atoms with Crippen LogP contribution in [0.4, 0.5) is 0 Å². The molecule has 60 valence electrons. The highest BCUT2D eigenvalue weighted by Crippen LogP contribution is 2.17. The Kier molecular flexibility index (Phi) is 3.66. The molecule has 0 aliphatic rings. The number of hydrogen-bond donors (Lipinski definition) is 1. The molecule has 0 saturated carbocycles. The van der Waals surface area contributed by atoms with Gasteiger partial charge in [0.25, 0.3) is 0 Å². The highest BCUT2D eigenvalue weighted by Gasteiger charge is 2.17. The van der Waals surface area contributed by atoms with E-state index in [9.17, 15) is 0 Å². The molecule has 0 aromatic heterocycles. The molecule has 0 aliphatic carbocycles. The quantitative estimate of drug-likeness (QED) is 0.597. The van der Waals surface area contributed by atoms with Gasteiger partial charge in [-0.25, -0.2) is 0 Å². The van der Waals surface area contributed by atoms with E-state index in [1.165, 1.54) is 0 Å². The Morgan fingerprint density at radius 2 is 2.20 bits per heavy atom. The van der Waals surface area contributed by atoms with Gasteiger partial charge in [-0.2, -0.15) is 0 Å². The lowest BCUT2D eigenvalue weighted by Gasteiger charge is -2.24. The van der Waals surface area contributed by atoms with E-state index in [0.29, 0.717) is 5.92 Å². The molecule has 0 aromatic rings. The molecule has 2 N–H and O–H groups in total. The zero-order chi connectivity index (χ0) is 8.20. The summed E-state index contributed by atoms with van der Waals surface area (Å²) < 4.78 is 0. The topological polar surface area (TPSA) is 26.0 Å². The standard InChI is InChI=1S/C9H19N/c1-5-8(3)7-9(4,10)6-2/h5,8H,1,6-7,10H2,2-4H3. The van der Waals surface area contributed by atoms with Crippen molar-refractivity contribution in [3.05, 3.63) is 12.7 Å². The minimum atomic E-state index is -0.00634. The summed E-state index contributed by atoms with van der Waals surface area (Å²) in [6.07, 6.45) is 4.03. The van der Waals surface area contributed by atoms with Gasteiger partial charge < -0.3 is 5.73 Å². The Morgan fingerprint density at radius 3 is 2.50 bits per heavy atom. The molecule has 0 aromatic carbocycles. The van der Waals surface area contributed by atoms with Crippen LogP contribution in [0.2, 0.25) is 0 Å². The number of rotatable bonds is 4. The van der Waals surface area contributed by atoms with Crippen molar-refractivity contribution in [1.82, 2.24) is 0 Å². The molecule has 10 heavy (non-hydrogen) atoms. The van der Waals surface area contributed by atoms with Gasteiger partial charge in [0.1, 0.15) is 0 Å². The van der Waals surface area contributed by atoms with Crippen molar-refractivity contribution in [3.63, 3.8) is 0 Å². The number of allylic oxidation sites excluding steroid dienone is 1. The maximum atomic E-state index is 5.94. The summed E-state index contributed by atoms with van der Waals surface area (Å²) in [4.78, 5) is 0. The molecule has 0 spiro atoms. The SMILES string of the molecule is C=CC(C)CC(C)(N)CC. The van der Waals surface area contributed by atoms with Crippen LogP contribution in [0, 0.1) is 5.92 Å². The molecule has 0 bridgehead atoms. The van der Waals surface area contributed by atoms with Gasteiger partial charge in [0, 0.05) is 5.54 Å². The molecule has 0 aliphatic heterocycles. The van der Waals surface area contributed by atoms with Crippen molar-refractivity contribution < 1.29 is 0 Å². The average Bonchev–Trinajstić information content (AvgIpc) is 1.87. The Hall–Kier alpha value is -0.300. The van der Waals surface area contributed by atoms with Gasteiger partial charge in [0.05, 0.1) is 0 Å². The van der Waals surface area contributed by atoms with Gasteiger partial charge >= 0.3 is 0 Å². The first kappa shape index (κ1) is 9.70. The van der Waals surface area contributed by atoms with Crippen molar-refractivity contribution in [3.8, 4) is 0 Å². The normalized spacial score (nSPS) is 19.6. The molecule has 0 heterocycles. The van der Waals surface area contributed by atoms with E-state index in [-0.39, 0.29) is 5.54 Å². The Balaban J connectivity index is 3.75. The Bertz CT molecular complexity index is 105. The predicted octanol–water partition coefficient (Wildman–Crippen LogP) is 2.33. The zero-order valence-corrected chi connectivity index (χ0v) is 7.35. The number of hydrogen-bond acceptors (Lipinski definition) is 1. The summed E-state index contributed by atoms with van der Waals surface area (Å²) in [5, 5.41) is 0. The maximum absolute atomic E-state index is 5.94. The van der Waals surface area contributed by atoms with Crippen LogP contribution in [-0.4, -0.2) is 5.54 Å². The lowest BCUT2D eigenvalue weighted by atomic mass is 9.89. The molecule has 0 saturated heterocycles. The Morgan fingerprint density at radius 1 is 1.70 bits per heavy atom. The summed E-state index contributed by atoms with van der Waals surface area (Å²) in [5.74, 6) is 0.537. The number of nitrogens with two attached hydrogens (primary N) is 1. The van der Waals surface area contributed by atoms with Crippen LogP contribution in [0.3, 0.4) is 0 Å². The molecule has 0 rings (SSSR count). The third-order valence-electron chi connectivity index (χ3n) is 2.00. The average molecular weight is 141 g/mol. The van der Waals surface area contributed by atoms with Gasteiger partial charge in [-0.15, -0.1) is 6.58 Å². The first-order valence-corrected chi connectivity index (χ1v) is 3.93. The van der Waals surface area contributed by atoms with Crippen LogP contribution in [0.25, 0.3) is 0 Å². The summed E-state index contributed by atoms with van der Waals surface area (Å²) in [6.45, 7) is 10.1. The van der Waals surface area contributed by atoms with E-state index < -0.39 is 0 Å². The molecule has 1 nitrogen and oxygen atoms in total. The molecule has 2 unspecified atom stereocenters. The van der Waals surface area contributed by atoms with Crippen LogP contribution in [0.15, 0.2) is 12.7 Å². The zero-order valence-electron chi connectivity index (χ0n) is 7.35. The van der Waals surface area contributed by atoms with Crippen LogP contribution >= 0.6 is 0 Å². The maximum Gasteiger partial charge on any atom is 0.0128 e. The summed E-state index contributed by atoms with van der Waals surface area (Å²) in [5.41, 5.74) is 5.94. The predicted molar refractivity (Wildman–Crippen MR) is 46.9 cm³/mol. The smallest absolute Gasteiger partial charge is 0.0128 e. The molecule has 0 fully saturated rings. The monoisotopic (exact) mass is 141 g/mol. The van der Waals surface area contributed by atoms with Crippen LogP contribution < -0.4 is 5.73 Å². The minimum absolute atomic E-state index is 0.00634. The summed E-state index contributed by atoms with van der Waals surface area (Å²) >= 11 is 0. The molecule has 2 atom stereocenters. The summed E-state index contributed by atoms with van der Waals surface area (Å²) in [7, 11) is 0. The second-order valence-corrected chi connectivity index (χ2v) is 3.42. The Labute approximate surface area is 64.3 Å². The van der Waals surface area contributed by atoms with Crippen LogP contribution in [0.5, 0.6) is 0 Å². The van der Waals surface area contributed by atoms with Crippen LogP contribution in [0.1, 0.15) is 33.6 Å². The van der Waals surface area contributed by atoms with Crippen molar-refractivity contribution in [2.75, 3.05) is 0 Å². The lowest BCUT2D eigenvalue weighted by Crippen LogP contribution is -2.36. The molecular formula is C9H19N. The molecule has 0 radical (unpaired) electrons. The fourth-order valence-electron chi connectivity index (χ4n) is 0.963. The lowest BCUT2D eigenvalue weighted by molar-refractivity contribution is 0.377. The fraction of sp³-hybridized carbons (Fsp3) is 0.778.